The van der Waals surface area contributed by atoms with E-state index in [9.17, 15) is 10.1 Å². The summed E-state index contributed by atoms with van der Waals surface area (Å²) in [4.78, 5) is 14.5. The fraction of sp³-hybridized carbons (Fsp3) is 0.333. The van der Waals surface area contributed by atoms with E-state index >= 15 is 0 Å². The van der Waals surface area contributed by atoms with Gasteiger partial charge in [-0.15, -0.1) is 0 Å². The molecule has 0 unspecified atom stereocenters. The molecule has 1 aromatic carbocycles. The Labute approximate surface area is 128 Å². The molecule has 0 bridgehead atoms. The summed E-state index contributed by atoms with van der Waals surface area (Å²) in [6.07, 6.45) is 4.15. The number of anilines is 1. The van der Waals surface area contributed by atoms with Crippen LogP contribution >= 0.6 is 0 Å². The third kappa shape index (κ3) is 1.86. The largest absolute Gasteiger partial charge is 0.421 e. The van der Waals surface area contributed by atoms with Crippen molar-refractivity contribution in [1.82, 2.24) is 0 Å². The van der Waals surface area contributed by atoms with Crippen molar-refractivity contribution in [2.75, 3.05) is 18.0 Å². The van der Waals surface area contributed by atoms with Crippen molar-refractivity contribution < 1.29 is 4.42 Å². The highest BCUT2D eigenvalue weighted by atomic mass is 16.4. The Kier molecular flexibility index (Phi) is 3.00. The van der Waals surface area contributed by atoms with Gasteiger partial charge in [0, 0.05) is 30.6 Å². The van der Waals surface area contributed by atoms with Gasteiger partial charge in [0.2, 0.25) is 0 Å². The van der Waals surface area contributed by atoms with Crippen molar-refractivity contribution in [2.24, 2.45) is 0 Å². The molecule has 0 radical (unpaired) electrons. The zero-order chi connectivity index (χ0) is 15.1. The SMILES string of the molecule is N#Cc1c(N2CCCCC2)c2c(oc1=O)-c1ccccc1C2. The predicted molar refractivity (Wildman–Crippen MR) is 84.0 cm³/mol. The normalized spacial score (nSPS) is 16.0. The van der Waals surface area contributed by atoms with Gasteiger partial charge in [-0.1, -0.05) is 24.3 Å². The molecule has 4 heteroatoms. The third-order valence-corrected chi connectivity index (χ3v) is 4.61. The molecule has 1 fully saturated rings. The Morgan fingerprint density at radius 3 is 2.68 bits per heavy atom. The van der Waals surface area contributed by atoms with Crippen LogP contribution in [0.3, 0.4) is 0 Å². The second-order valence-electron chi connectivity index (χ2n) is 5.91. The maximum Gasteiger partial charge on any atom is 0.356 e. The van der Waals surface area contributed by atoms with E-state index in [4.69, 9.17) is 4.42 Å². The van der Waals surface area contributed by atoms with Gasteiger partial charge in [-0.05, 0) is 24.8 Å². The Bertz CT molecular complexity index is 839. The lowest BCUT2D eigenvalue weighted by molar-refractivity contribution is 0.516. The third-order valence-electron chi connectivity index (χ3n) is 4.61. The minimum Gasteiger partial charge on any atom is -0.421 e. The molecule has 2 aliphatic rings. The number of piperidine rings is 1. The molecule has 2 heterocycles. The predicted octanol–water partition coefficient (Wildman–Crippen LogP) is 3.07. The average molecular weight is 292 g/mol. The van der Waals surface area contributed by atoms with Gasteiger partial charge in [0.1, 0.15) is 11.8 Å². The summed E-state index contributed by atoms with van der Waals surface area (Å²) in [6.45, 7) is 1.81. The van der Waals surface area contributed by atoms with Crippen LogP contribution in [0.2, 0.25) is 0 Å². The molecule has 0 amide bonds. The summed E-state index contributed by atoms with van der Waals surface area (Å²) < 4.78 is 5.49. The Morgan fingerprint density at radius 1 is 1.14 bits per heavy atom. The van der Waals surface area contributed by atoms with Gasteiger partial charge in [-0.3, -0.25) is 0 Å². The van der Waals surface area contributed by atoms with Gasteiger partial charge in [-0.25, -0.2) is 4.79 Å². The van der Waals surface area contributed by atoms with Crippen molar-refractivity contribution in [3.63, 3.8) is 0 Å². The number of rotatable bonds is 1. The first-order chi connectivity index (χ1) is 10.8. The fourth-order valence-electron chi connectivity index (χ4n) is 3.59. The summed E-state index contributed by atoms with van der Waals surface area (Å²) in [7, 11) is 0. The van der Waals surface area contributed by atoms with Crippen molar-refractivity contribution >= 4 is 5.69 Å². The molecule has 4 nitrogen and oxygen atoms in total. The van der Waals surface area contributed by atoms with Crippen LogP contribution in [0.5, 0.6) is 0 Å². The summed E-state index contributed by atoms with van der Waals surface area (Å²) >= 11 is 0. The van der Waals surface area contributed by atoms with E-state index in [-0.39, 0.29) is 5.56 Å². The van der Waals surface area contributed by atoms with Gasteiger partial charge >= 0.3 is 5.63 Å². The summed E-state index contributed by atoms with van der Waals surface area (Å²) in [5, 5.41) is 9.44. The second kappa shape index (κ2) is 5.03. The smallest absolute Gasteiger partial charge is 0.356 e. The zero-order valence-corrected chi connectivity index (χ0v) is 12.3. The minimum absolute atomic E-state index is 0.161. The maximum absolute atomic E-state index is 12.3. The topological polar surface area (TPSA) is 57.2 Å². The lowest BCUT2D eigenvalue weighted by atomic mass is 10.0. The molecule has 1 aliphatic heterocycles. The molecular weight excluding hydrogens is 276 g/mol. The Balaban J connectivity index is 1.96. The molecule has 4 rings (SSSR count). The van der Waals surface area contributed by atoms with Crippen LogP contribution in [0.4, 0.5) is 5.69 Å². The highest BCUT2D eigenvalue weighted by Gasteiger charge is 2.30. The van der Waals surface area contributed by atoms with E-state index in [2.05, 4.69) is 17.0 Å². The van der Waals surface area contributed by atoms with Crippen LogP contribution in [-0.2, 0) is 6.42 Å². The first-order valence-corrected chi connectivity index (χ1v) is 7.73. The van der Waals surface area contributed by atoms with Crippen LogP contribution in [-0.4, -0.2) is 13.1 Å². The standard InChI is InChI=1S/C18H16N2O2/c19-11-15-16(20-8-4-1-5-9-20)14-10-12-6-2-3-7-13(12)17(14)22-18(15)21/h2-3,6-7H,1,4-5,8-10H2. The lowest BCUT2D eigenvalue weighted by Gasteiger charge is -2.30. The summed E-state index contributed by atoms with van der Waals surface area (Å²) in [5.74, 6) is 0.653. The van der Waals surface area contributed by atoms with Crippen LogP contribution in [0.25, 0.3) is 11.3 Å². The number of nitriles is 1. The highest BCUT2D eigenvalue weighted by Crippen LogP contribution is 2.42. The molecule has 0 spiro atoms. The van der Waals surface area contributed by atoms with Crippen LogP contribution < -0.4 is 10.5 Å². The van der Waals surface area contributed by atoms with E-state index in [0.29, 0.717) is 5.76 Å². The number of benzene rings is 1. The summed E-state index contributed by atoms with van der Waals surface area (Å²) in [6, 6.07) is 10.1. The number of hydrogen-bond donors (Lipinski definition) is 0. The van der Waals surface area contributed by atoms with E-state index in [1.54, 1.807) is 0 Å². The van der Waals surface area contributed by atoms with Crippen LogP contribution in [0, 0.1) is 11.3 Å². The number of nitrogens with zero attached hydrogens (tertiary/aromatic N) is 2. The zero-order valence-electron chi connectivity index (χ0n) is 12.3. The van der Waals surface area contributed by atoms with Crippen molar-refractivity contribution in [2.45, 2.75) is 25.7 Å². The summed E-state index contributed by atoms with van der Waals surface area (Å²) in [5.41, 5.74) is 3.60. The molecule has 2 aromatic rings. The average Bonchev–Trinajstić information content (AvgIpc) is 2.92. The van der Waals surface area contributed by atoms with E-state index in [0.717, 1.165) is 54.7 Å². The second-order valence-corrected chi connectivity index (χ2v) is 5.91. The monoisotopic (exact) mass is 292 g/mol. The van der Waals surface area contributed by atoms with E-state index < -0.39 is 5.63 Å². The maximum atomic E-state index is 12.3. The van der Waals surface area contributed by atoms with Gasteiger partial charge in [0.25, 0.3) is 0 Å². The van der Waals surface area contributed by atoms with Crippen molar-refractivity contribution in [3.8, 4) is 17.4 Å². The van der Waals surface area contributed by atoms with Gasteiger partial charge in [0.15, 0.2) is 5.56 Å². The molecular formula is C18H16N2O2. The van der Waals surface area contributed by atoms with Crippen LogP contribution in [0.1, 0.15) is 36.0 Å². The minimum atomic E-state index is -0.515. The first kappa shape index (κ1) is 13.1. The van der Waals surface area contributed by atoms with Gasteiger partial charge < -0.3 is 9.32 Å². The molecule has 0 atom stereocenters. The first-order valence-electron chi connectivity index (χ1n) is 7.73. The van der Waals surface area contributed by atoms with Gasteiger partial charge in [-0.2, -0.15) is 5.26 Å². The fourth-order valence-corrected chi connectivity index (χ4v) is 3.59. The Morgan fingerprint density at radius 2 is 1.91 bits per heavy atom. The number of fused-ring (bicyclic) bond motifs is 3. The molecule has 22 heavy (non-hydrogen) atoms. The van der Waals surface area contributed by atoms with Crippen molar-refractivity contribution in [1.29, 1.82) is 5.26 Å². The van der Waals surface area contributed by atoms with Crippen molar-refractivity contribution in [3.05, 3.63) is 51.4 Å². The quantitative estimate of drug-likeness (QED) is 0.691. The Hall–Kier alpha value is -2.54. The molecule has 1 aromatic heterocycles. The van der Waals surface area contributed by atoms with Gasteiger partial charge in [0.05, 0.1) is 5.69 Å². The van der Waals surface area contributed by atoms with Crippen LogP contribution in [0.15, 0.2) is 33.5 Å². The van der Waals surface area contributed by atoms with E-state index in [1.807, 2.05) is 18.2 Å². The lowest BCUT2D eigenvalue weighted by Crippen LogP contribution is -2.32. The molecule has 0 N–H and O–H groups in total. The molecule has 1 saturated heterocycles. The molecule has 1 aliphatic carbocycles. The molecule has 0 saturated carbocycles. The van der Waals surface area contributed by atoms with E-state index in [1.165, 1.54) is 6.42 Å². The number of hydrogen-bond acceptors (Lipinski definition) is 4. The highest BCUT2D eigenvalue weighted by molar-refractivity contribution is 5.80. The molecule has 110 valence electrons.